The van der Waals surface area contributed by atoms with Crippen molar-refractivity contribution in [3.8, 4) is 56.7 Å². The minimum atomic E-state index is 0.577. The Balaban J connectivity index is 1.04. The van der Waals surface area contributed by atoms with Crippen LogP contribution in [0.15, 0.2) is 167 Å². The molecule has 0 saturated heterocycles. The number of fused-ring (bicyclic) bond motifs is 5. The lowest BCUT2D eigenvalue weighted by Crippen LogP contribution is -2.00. The largest absolute Gasteiger partial charge is 0.456 e. The molecule has 7 aromatic carbocycles. The second-order valence-corrected chi connectivity index (χ2v) is 12.3. The highest BCUT2D eigenvalue weighted by Gasteiger charge is 2.17. The van der Waals surface area contributed by atoms with Gasteiger partial charge >= 0.3 is 0 Å². The fourth-order valence-corrected chi connectivity index (χ4v) is 6.74. The van der Waals surface area contributed by atoms with E-state index in [4.69, 9.17) is 28.8 Å². The fraction of sp³-hybridized carbons (Fsp3) is 0. The minimum absolute atomic E-state index is 0.577. The molecule has 0 N–H and O–H groups in total. The topological polar surface area (TPSA) is 77.8 Å². The molecular formula is C44H26N4O2. The average Bonchev–Trinajstić information content (AvgIpc) is 3.77. The quantitative estimate of drug-likeness (QED) is 0.186. The summed E-state index contributed by atoms with van der Waals surface area (Å²) in [6.45, 7) is 0. The van der Waals surface area contributed by atoms with Gasteiger partial charge in [-0.05, 0) is 40.1 Å². The van der Waals surface area contributed by atoms with E-state index in [0.717, 1.165) is 77.2 Å². The number of nitrogens with zero attached hydrogens (tertiary/aromatic N) is 4. The molecule has 6 heteroatoms. The first kappa shape index (κ1) is 28.1. The van der Waals surface area contributed by atoms with Gasteiger partial charge in [-0.2, -0.15) is 0 Å². The van der Waals surface area contributed by atoms with Crippen molar-refractivity contribution >= 4 is 43.8 Å². The Labute approximate surface area is 286 Å². The van der Waals surface area contributed by atoms with Gasteiger partial charge in [0.1, 0.15) is 16.7 Å². The van der Waals surface area contributed by atoms with Gasteiger partial charge in [-0.25, -0.2) is 19.9 Å². The number of aromatic nitrogens is 4. The molecule has 0 aliphatic carbocycles. The van der Waals surface area contributed by atoms with Crippen LogP contribution in [0.25, 0.3) is 101 Å². The molecule has 6 nitrogen and oxygen atoms in total. The summed E-state index contributed by atoms with van der Waals surface area (Å²) in [5, 5.41) is 4.25. The molecule has 0 fully saturated rings. The number of hydrogen-bond donors (Lipinski definition) is 0. The van der Waals surface area contributed by atoms with E-state index in [1.165, 1.54) is 0 Å². The molecule has 50 heavy (non-hydrogen) atoms. The monoisotopic (exact) mass is 642 g/mol. The highest BCUT2D eigenvalue weighted by molar-refractivity contribution is 6.09. The van der Waals surface area contributed by atoms with Crippen LogP contribution in [-0.2, 0) is 0 Å². The van der Waals surface area contributed by atoms with E-state index in [0.29, 0.717) is 23.4 Å². The number of para-hydroxylation sites is 1. The smallest absolute Gasteiger partial charge is 0.227 e. The lowest BCUT2D eigenvalue weighted by molar-refractivity contribution is 0.621. The Morgan fingerprint density at radius 2 is 0.840 bits per heavy atom. The Kier molecular flexibility index (Phi) is 6.39. The van der Waals surface area contributed by atoms with Crippen LogP contribution in [0.4, 0.5) is 0 Å². The van der Waals surface area contributed by atoms with Gasteiger partial charge in [0.15, 0.2) is 23.1 Å². The van der Waals surface area contributed by atoms with E-state index in [1.807, 2.05) is 91.0 Å². The summed E-state index contributed by atoms with van der Waals surface area (Å²) in [6.07, 6.45) is 0. The van der Waals surface area contributed by atoms with Crippen molar-refractivity contribution in [1.82, 2.24) is 19.9 Å². The van der Waals surface area contributed by atoms with Gasteiger partial charge in [-0.15, -0.1) is 0 Å². The maximum absolute atomic E-state index is 6.41. The van der Waals surface area contributed by atoms with E-state index in [2.05, 4.69) is 66.7 Å². The molecule has 0 aliphatic heterocycles. The van der Waals surface area contributed by atoms with Gasteiger partial charge in [0, 0.05) is 39.1 Å². The molecular weight excluding hydrogens is 617 g/mol. The normalized spacial score (nSPS) is 11.6. The standard InChI is InChI=1S/C44H26N4O2/c1-3-11-28(12-4-1)41-46-42(29-13-5-2-6-14-29)48-43(47-41)30-21-19-27(20-22-30)31-23-24-35(33-16-8-7-15-32(31)33)44-45-37-26-39-36(25-40(37)50-44)34-17-9-10-18-38(34)49-39/h1-26H. The van der Waals surface area contributed by atoms with Gasteiger partial charge in [0.05, 0.1) is 0 Å². The Hall–Kier alpha value is -6.92. The zero-order valence-corrected chi connectivity index (χ0v) is 26.6. The van der Waals surface area contributed by atoms with Crippen LogP contribution < -0.4 is 0 Å². The summed E-state index contributed by atoms with van der Waals surface area (Å²) >= 11 is 0. The summed E-state index contributed by atoms with van der Waals surface area (Å²) in [6, 6.07) is 53.1. The van der Waals surface area contributed by atoms with Crippen LogP contribution in [0.3, 0.4) is 0 Å². The number of rotatable bonds is 5. The highest BCUT2D eigenvalue weighted by Crippen LogP contribution is 2.39. The Morgan fingerprint density at radius 1 is 0.320 bits per heavy atom. The molecule has 0 amide bonds. The summed E-state index contributed by atoms with van der Waals surface area (Å²) in [4.78, 5) is 19.5. The van der Waals surface area contributed by atoms with E-state index in [-0.39, 0.29) is 0 Å². The van der Waals surface area contributed by atoms with Crippen molar-refractivity contribution in [2.75, 3.05) is 0 Å². The number of benzene rings is 7. The van der Waals surface area contributed by atoms with E-state index >= 15 is 0 Å². The summed E-state index contributed by atoms with van der Waals surface area (Å²) in [5.41, 5.74) is 9.08. The predicted molar refractivity (Wildman–Crippen MR) is 199 cm³/mol. The van der Waals surface area contributed by atoms with Crippen LogP contribution in [0, 0.1) is 0 Å². The summed E-state index contributed by atoms with van der Waals surface area (Å²) < 4.78 is 12.5. The van der Waals surface area contributed by atoms with E-state index in [9.17, 15) is 0 Å². The van der Waals surface area contributed by atoms with Gasteiger partial charge < -0.3 is 8.83 Å². The van der Waals surface area contributed by atoms with Crippen molar-refractivity contribution in [3.63, 3.8) is 0 Å². The SMILES string of the molecule is c1ccc(-c2nc(-c3ccccc3)nc(-c3ccc(-c4ccc(-c5nc6cc7oc8ccccc8c7cc6o5)c5ccccc45)cc3)n2)cc1. The third kappa shape index (κ3) is 4.73. The van der Waals surface area contributed by atoms with Crippen LogP contribution in [-0.4, -0.2) is 19.9 Å². The third-order valence-electron chi connectivity index (χ3n) is 9.19. The van der Waals surface area contributed by atoms with Gasteiger partial charge in [0.2, 0.25) is 5.89 Å². The maximum Gasteiger partial charge on any atom is 0.227 e. The first-order chi connectivity index (χ1) is 24.7. The van der Waals surface area contributed by atoms with Crippen molar-refractivity contribution in [3.05, 3.63) is 158 Å². The number of hydrogen-bond acceptors (Lipinski definition) is 6. The molecule has 0 saturated carbocycles. The lowest BCUT2D eigenvalue weighted by atomic mass is 9.94. The summed E-state index contributed by atoms with van der Waals surface area (Å²) in [7, 11) is 0. The number of oxazole rings is 1. The molecule has 0 aliphatic rings. The maximum atomic E-state index is 6.41. The molecule has 10 aromatic rings. The molecule has 0 spiro atoms. The van der Waals surface area contributed by atoms with Crippen molar-refractivity contribution in [1.29, 1.82) is 0 Å². The molecule has 0 unspecified atom stereocenters. The lowest BCUT2D eigenvalue weighted by Gasteiger charge is -2.11. The molecule has 0 bridgehead atoms. The van der Waals surface area contributed by atoms with Gasteiger partial charge in [0.25, 0.3) is 0 Å². The molecule has 10 rings (SSSR count). The summed E-state index contributed by atoms with van der Waals surface area (Å²) in [5.74, 6) is 2.48. The van der Waals surface area contributed by atoms with Crippen LogP contribution in [0.1, 0.15) is 0 Å². The van der Waals surface area contributed by atoms with E-state index < -0.39 is 0 Å². The van der Waals surface area contributed by atoms with Crippen molar-refractivity contribution in [2.45, 2.75) is 0 Å². The molecule has 234 valence electrons. The highest BCUT2D eigenvalue weighted by atomic mass is 16.4. The minimum Gasteiger partial charge on any atom is -0.456 e. The Morgan fingerprint density at radius 3 is 1.50 bits per heavy atom. The van der Waals surface area contributed by atoms with Crippen LogP contribution >= 0.6 is 0 Å². The second kappa shape index (κ2) is 11.4. The molecule has 3 aromatic heterocycles. The number of furan rings is 1. The van der Waals surface area contributed by atoms with Gasteiger partial charge in [-0.1, -0.05) is 133 Å². The predicted octanol–water partition coefficient (Wildman–Crippen LogP) is 11.4. The molecule has 0 atom stereocenters. The van der Waals surface area contributed by atoms with Crippen LogP contribution in [0.2, 0.25) is 0 Å². The Bertz CT molecular complexity index is 2800. The zero-order valence-electron chi connectivity index (χ0n) is 26.6. The van der Waals surface area contributed by atoms with Gasteiger partial charge in [-0.3, -0.25) is 0 Å². The first-order valence-electron chi connectivity index (χ1n) is 16.5. The van der Waals surface area contributed by atoms with Crippen LogP contribution in [0.5, 0.6) is 0 Å². The third-order valence-corrected chi connectivity index (χ3v) is 9.19. The van der Waals surface area contributed by atoms with E-state index in [1.54, 1.807) is 0 Å². The first-order valence-corrected chi connectivity index (χ1v) is 16.5. The average molecular weight is 643 g/mol. The van der Waals surface area contributed by atoms with Crippen molar-refractivity contribution in [2.24, 2.45) is 0 Å². The van der Waals surface area contributed by atoms with Crippen molar-refractivity contribution < 1.29 is 8.83 Å². The second-order valence-electron chi connectivity index (χ2n) is 12.3. The molecule has 0 radical (unpaired) electrons. The molecule has 3 heterocycles. The zero-order chi connectivity index (χ0) is 33.0. The fourth-order valence-electron chi connectivity index (χ4n) is 6.74.